The molecule has 0 aromatic heterocycles. The van der Waals surface area contributed by atoms with E-state index in [1.165, 1.54) is 6.07 Å². The molecule has 4 nitrogen and oxygen atoms in total. The maximum atomic E-state index is 13.1. The smallest absolute Gasteiger partial charge is 0.262 e. The molecular formula is C14H14FNO3S. The average Bonchev–Trinajstić information content (AvgIpc) is 2.33. The first-order valence-corrected chi connectivity index (χ1v) is 7.36. The molecule has 0 heterocycles. The van der Waals surface area contributed by atoms with Crippen LogP contribution in [-0.2, 0) is 10.0 Å². The van der Waals surface area contributed by atoms with Gasteiger partial charge in [0.05, 0.1) is 10.6 Å². The Labute approximate surface area is 116 Å². The van der Waals surface area contributed by atoms with Gasteiger partial charge in [0, 0.05) is 6.07 Å². The summed E-state index contributed by atoms with van der Waals surface area (Å²) in [6.45, 7) is 3.53. The first-order valence-electron chi connectivity index (χ1n) is 5.88. The number of halogens is 1. The first kappa shape index (κ1) is 14.3. The predicted octanol–water partition coefficient (Wildman–Crippen LogP) is 2.95. The summed E-state index contributed by atoms with van der Waals surface area (Å²) in [6.07, 6.45) is 0. The number of aromatic hydroxyl groups is 1. The third kappa shape index (κ3) is 2.91. The number of rotatable bonds is 3. The Hall–Kier alpha value is -2.08. The molecule has 0 unspecified atom stereocenters. The molecule has 0 amide bonds. The van der Waals surface area contributed by atoms with Crippen LogP contribution in [0.1, 0.15) is 11.1 Å². The monoisotopic (exact) mass is 295 g/mol. The Morgan fingerprint density at radius 1 is 1.10 bits per heavy atom. The maximum Gasteiger partial charge on any atom is 0.262 e. The number of aryl methyl sites for hydroxylation is 2. The second-order valence-electron chi connectivity index (χ2n) is 4.54. The largest absolute Gasteiger partial charge is 0.506 e. The molecule has 6 heteroatoms. The van der Waals surface area contributed by atoms with Gasteiger partial charge in [-0.15, -0.1) is 0 Å². The highest BCUT2D eigenvalue weighted by Gasteiger charge is 2.18. The van der Waals surface area contributed by atoms with Crippen molar-refractivity contribution in [2.75, 3.05) is 4.72 Å². The van der Waals surface area contributed by atoms with Crippen LogP contribution in [0.2, 0.25) is 0 Å². The maximum absolute atomic E-state index is 13.1. The summed E-state index contributed by atoms with van der Waals surface area (Å²) in [5.41, 5.74) is 1.33. The lowest BCUT2D eigenvalue weighted by Gasteiger charge is -2.12. The number of phenolic OH excluding ortho intramolecular Hbond substituents is 1. The molecule has 0 saturated carbocycles. The lowest BCUT2D eigenvalue weighted by atomic mass is 10.2. The van der Waals surface area contributed by atoms with E-state index < -0.39 is 15.8 Å². The minimum Gasteiger partial charge on any atom is -0.506 e. The van der Waals surface area contributed by atoms with Crippen molar-refractivity contribution in [3.8, 4) is 5.75 Å². The van der Waals surface area contributed by atoms with Gasteiger partial charge in [0.1, 0.15) is 11.6 Å². The van der Waals surface area contributed by atoms with Crippen molar-refractivity contribution < 1.29 is 17.9 Å². The van der Waals surface area contributed by atoms with Gasteiger partial charge in [-0.25, -0.2) is 12.8 Å². The van der Waals surface area contributed by atoms with Crippen LogP contribution in [0.3, 0.4) is 0 Å². The number of hydrogen-bond acceptors (Lipinski definition) is 3. The molecular weight excluding hydrogens is 281 g/mol. The lowest BCUT2D eigenvalue weighted by molar-refractivity contribution is 0.475. The molecule has 0 saturated heterocycles. The van der Waals surface area contributed by atoms with Crippen LogP contribution in [0.25, 0.3) is 0 Å². The Morgan fingerprint density at radius 2 is 1.80 bits per heavy atom. The molecule has 106 valence electrons. The average molecular weight is 295 g/mol. The van der Waals surface area contributed by atoms with Gasteiger partial charge in [-0.2, -0.15) is 0 Å². The Morgan fingerprint density at radius 3 is 2.45 bits per heavy atom. The van der Waals surface area contributed by atoms with E-state index >= 15 is 0 Å². The van der Waals surface area contributed by atoms with Crippen molar-refractivity contribution in [1.29, 1.82) is 0 Å². The summed E-state index contributed by atoms with van der Waals surface area (Å²) in [6, 6.07) is 7.95. The summed E-state index contributed by atoms with van der Waals surface area (Å²) in [7, 11) is -3.88. The minimum absolute atomic E-state index is 0.0896. The molecule has 0 fully saturated rings. The number of benzene rings is 2. The topological polar surface area (TPSA) is 66.4 Å². The molecule has 0 aliphatic heterocycles. The lowest BCUT2D eigenvalue weighted by Crippen LogP contribution is -2.14. The number of hydrogen-bond donors (Lipinski definition) is 2. The van der Waals surface area contributed by atoms with Crippen LogP contribution in [0.15, 0.2) is 41.3 Å². The molecule has 2 aromatic rings. The third-order valence-electron chi connectivity index (χ3n) is 2.82. The Bertz CT molecular complexity index is 757. The molecule has 0 aliphatic carbocycles. The van der Waals surface area contributed by atoms with Crippen LogP contribution in [0.5, 0.6) is 5.75 Å². The molecule has 0 radical (unpaired) electrons. The van der Waals surface area contributed by atoms with Gasteiger partial charge in [-0.1, -0.05) is 17.7 Å². The van der Waals surface area contributed by atoms with Crippen LogP contribution >= 0.6 is 0 Å². The zero-order valence-electron chi connectivity index (χ0n) is 11.0. The molecule has 0 bridgehead atoms. The highest BCUT2D eigenvalue weighted by molar-refractivity contribution is 7.92. The van der Waals surface area contributed by atoms with Crippen molar-refractivity contribution in [1.82, 2.24) is 0 Å². The molecule has 0 aliphatic rings. The Kier molecular flexibility index (Phi) is 3.67. The third-order valence-corrected chi connectivity index (χ3v) is 4.35. The molecule has 2 N–H and O–H groups in total. The van der Waals surface area contributed by atoms with Gasteiger partial charge in [0.25, 0.3) is 10.0 Å². The van der Waals surface area contributed by atoms with Crippen LogP contribution < -0.4 is 4.72 Å². The van der Waals surface area contributed by atoms with Crippen molar-refractivity contribution in [3.63, 3.8) is 0 Å². The van der Waals surface area contributed by atoms with Crippen molar-refractivity contribution in [2.24, 2.45) is 0 Å². The summed E-state index contributed by atoms with van der Waals surface area (Å²) >= 11 is 0. The number of phenols is 1. The second-order valence-corrected chi connectivity index (χ2v) is 6.19. The fourth-order valence-corrected chi connectivity index (χ4v) is 3.18. The van der Waals surface area contributed by atoms with Gasteiger partial charge >= 0.3 is 0 Å². The van der Waals surface area contributed by atoms with Gasteiger partial charge in [-0.3, -0.25) is 4.72 Å². The van der Waals surface area contributed by atoms with Crippen LogP contribution in [0.4, 0.5) is 10.1 Å². The highest BCUT2D eigenvalue weighted by Crippen LogP contribution is 2.27. The van der Waals surface area contributed by atoms with Crippen molar-refractivity contribution in [2.45, 2.75) is 18.7 Å². The van der Waals surface area contributed by atoms with Gasteiger partial charge in [-0.05, 0) is 37.6 Å². The summed E-state index contributed by atoms with van der Waals surface area (Å²) in [4.78, 5) is 0.0896. The zero-order valence-corrected chi connectivity index (χ0v) is 11.8. The fraction of sp³-hybridized carbons (Fsp3) is 0.143. The van der Waals surface area contributed by atoms with E-state index in [9.17, 15) is 17.9 Å². The summed E-state index contributed by atoms with van der Waals surface area (Å²) < 4.78 is 39.8. The van der Waals surface area contributed by atoms with E-state index in [0.29, 0.717) is 5.56 Å². The Balaban J connectivity index is 2.43. The number of anilines is 1. The molecule has 2 rings (SSSR count). The van der Waals surface area contributed by atoms with Gasteiger partial charge in [0.15, 0.2) is 0 Å². The molecule has 0 spiro atoms. The van der Waals surface area contributed by atoms with E-state index in [1.54, 1.807) is 19.1 Å². The predicted molar refractivity (Wildman–Crippen MR) is 74.8 cm³/mol. The van der Waals surface area contributed by atoms with Gasteiger partial charge < -0.3 is 5.11 Å². The molecule has 0 atom stereocenters. The second kappa shape index (κ2) is 5.13. The zero-order chi connectivity index (χ0) is 14.9. The molecule has 2 aromatic carbocycles. The van der Waals surface area contributed by atoms with E-state index in [0.717, 1.165) is 23.8 Å². The van der Waals surface area contributed by atoms with E-state index in [-0.39, 0.29) is 16.3 Å². The van der Waals surface area contributed by atoms with Crippen LogP contribution in [-0.4, -0.2) is 13.5 Å². The van der Waals surface area contributed by atoms with Crippen molar-refractivity contribution in [3.05, 3.63) is 53.3 Å². The number of sulfonamides is 1. The SMILES string of the molecule is Cc1ccc(S(=O)(=O)Nc2cc(F)ccc2O)c(C)c1. The minimum atomic E-state index is -3.88. The summed E-state index contributed by atoms with van der Waals surface area (Å²) in [5.74, 6) is -0.971. The quantitative estimate of drug-likeness (QED) is 0.856. The fourth-order valence-electron chi connectivity index (χ4n) is 1.89. The van der Waals surface area contributed by atoms with Crippen LogP contribution in [0, 0.1) is 19.7 Å². The van der Waals surface area contributed by atoms with Gasteiger partial charge in [0.2, 0.25) is 0 Å². The van der Waals surface area contributed by atoms with E-state index in [2.05, 4.69) is 4.72 Å². The van der Waals surface area contributed by atoms with E-state index in [1.807, 2.05) is 6.92 Å². The highest BCUT2D eigenvalue weighted by atomic mass is 32.2. The molecule has 20 heavy (non-hydrogen) atoms. The summed E-state index contributed by atoms with van der Waals surface area (Å²) in [5, 5.41) is 9.57. The standard InChI is InChI=1S/C14H14FNO3S/c1-9-3-6-14(10(2)7-9)20(18,19)16-12-8-11(15)4-5-13(12)17/h3-8,16-17H,1-2H3. The van der Waals surface area contributed by atoms with Crippen molar-refractivity contribution >= 4 is 15.7 Å². The van der Waals surface area contributed by atoms with E-state index in [4.69, 9.17) is 0 Å². The first-order chi connectivity index (χ1) is 9.29. The number of nitrogens with one attached hydrogen (secondary N) is 1. The normalized spacial score (nSPS) is 11.3.